The van der Waals surface area contributed by atoms with Gasteiger partial charge in [-0.25, -0.2) is 4.98 Å². The fourth-order valence-electron chi connectivity index (χ4n) is 4.36. The molecule has 4 aromatic rings. The quantitative estimate of drug-likeness (QED) is 0.553. The van der Waals surface area contributed by atoms with Gasteiger partial charge in [-0.2, -0.15) is 0 Å². The monoisotopic (exact) mass is 405 g/mol. The number of benzene rings is 1. The van der Waals surface area contributed by atoms with E-state index in [9.17, 15) is 5.11 Å². The lowest BCUT2D eigenvalue weighted by molar-refractivity contribution is 0.214. The highest BCUT2D eigenvalue weighted by Crippen LogP contribution is 2.43. The molecule has 8 heteroatoms. The first-order valence-electron chi connectivity index (χ1n) is 10.5. The van der Waals surface area contributed by atoms with Gasteiger partial charge in [0.05, 0.1) is 24.1 Å². The Hall–Kier alpha value is -3.13. The number of nitrogens with zero attached hydrogens (tertiary/aromatic N) is 5. The smallest absolute Gasteiger partial charge is 0.186 e. The van der Waals surface area contributed by atoms with E-state index in [1.807, 2.05) is 12.4 Å². The summed E-state index contributed by atoms with van der Waals surface area (Å²) in [5.41, 5.74) is 3.15. The lowest BCUT2D eigenvalue weighted by Crippen LogP contribution is -2.33. The second-order valence-corrected chi connectivity index (χ2v) is 8.37. The Labute approximate surface area is 173 Å². The summed E-state index contributed by atoms with van der Waals surface area (Å²) in [7, 11) is 2.14. The van der Waals surface area contributed by atoms with Crippen LogP contribution in [0.2, 0.25) is 0 Å². The third-order valence-electron chi connectivity index (χ3n) is 6.11. The Morgan fingerprint density at radius 2 is 2.07 bits per heavy atom. The molecule has 1 atom stereocenters. The van der Waals surface area contributed by atoms with Crippen LogP contribution >= 0.6 is 0 Å². The highest BCUT2D eigenvalue weighted by atomic mass is 16.5. The third kappa shape index (κ3) is 2.82. The van der Waals surface area contributed by atoms with Crippen LogP contribution in [0.3, 0.4) is 0 Å². The molecule has 8 nitrogen and oxygen atoms in total. The number of hydrogen-bond acceptors (Lipinski definition) is 7. The normalized spacial score (nSPS) is 20.2. The molecule has 2 aliphatic rings. The summed E-state index contributed by atoms with van der Waals surface area (Å²) < 4.78 is 13.8. The highest BCUT2D eigenvalue weighted by molar-refractivity contribution is 5.95. The van der Waals surface area contributed by atoms with E-state index in [-0.39, 0.29) is 11.9 Å². The van der Waals surface area contributed by atoms with Crippen molar-refractivity contribution < 1.29 is 14.3 Å². The van der Waals surface area contributed by atoms with Gasteiger partial charge in [0.1, 0.15) is 17.0 Å². The third-order valence-corrected chi connectivity index (χ3v) is 6.11. The van der Waals surface area contributed by atoms with Crippen LogP contribution in [-0.4, -0.2) is 56.0 Å². The largest absolute Gasteiger partial charge is 0.506 e. The number of hydrogen-bond donors (Lipinski definition) is 1. The number of fused-ring (bicyclic) bond motifs is 2. The first-order chi connectivity index (χ1) is 14.7. The molecule has 1 aliphatic carbocycles. The molecule has 1 aromatic carbocycles. The summed E-state index contributed by atoms with van der Waals surface area (Å²) in [4.78, 5) is 7.02. The first-order valence-corrected chi connectivity index (χ1v) is 10.5. The molecule has 0 radical (unpaired) electrons. The minimum absolute atomic E-state index is 0.115. The lowest BCUT2D eigenvalue weighted by atomic mass is 10.1. The molecule has 0 bridgehead atoms. The average molecular weight is 405 g/mol. The van der Waals surface area contributed by atoms with Crippen LogP contribution in [-0.2, 0) is 0 Å². The van der Waals surface area contributed by atoms with Crippen LogP contribution in [0, 0.1) is 0 Å². The van der Waals surface area contributed by atoms with Crippen LogP contribution < -0.4 is 4.74 Å². The zero-order valence-electron chi connectivity index (χ0n) is 16.8. The molecular weight excluding hydrogens is 382 g/mol. The molecule has 1 saturated carbocycles. The Balaban J connectivity index is 1.51. The molecule has 3 aromatic heterocycles. The van der Waals surface area contributed by atoms with Crippen molar-refractivity contribution in [1.29, 1.82) is 0 Å². The van der Waals surface area contributed by atoms with E-state index >= 15 is 0 Å². The maximum absolute atomic E-state index is 10.9. The minimum Gasteiger partial charge on any atom is -0.506 e. The van der Waals surface area contributed by atoms with Gasteiger partial charge in [0.25, 0.3) is 0 Å². The molecule has 1 N–H and O–H groups in total. The van der Waals surface area contributed by atoms with E-state index in [4.69, 9.17) is 9.15 Å². The summed E-state index contributed by atoms with van der Waals surface area (Å²) in [6.45, 7) is 2.08. The number of ether oxygens (including phenoxy) is 1. The Morgan fingerprint density at radius 3 is 2.90 bits per heavy atom. The van der Waals surface area contributed by atoms with Gasteiger partial charge in [-0.1, -0.05) is 0 Å². The van der Waals surface area contributed by atoms with Crippen LogP contribution in [0.5, 0.6) is 11.5 Å². The molecule has 1 saturated heterocycles. The Morgan fingerprint density at radius 1 is 1.17 bits per heavy atom. The first kappa shape index (κ1) is 17.7. The van der Waals surface area contributed by atoms with Crippen LogP contribution in [0.4, 0.5) is 0 Å². The fraction of sp³-hybridized carbons (Fsp3) is 0.409. The predicted octanol–water partition coefficient (Wildman–Crippen LogP) is 3.75. The van der Waals surface area contributed by atoms with Crippen LogP contribution in [0.1, 0.15) is 31.7 Å². The van der Waals surface area contributed by atoms with Gasteiger partial charge in [-0.3, -0.25) is 0 Å². The molecule has 4 heterocycles. The van der Waals surface area contributed by atoms with Crippen molar-refractivity contribution in [2.75, 3.05) is 20.1 Å². The summed E-state index contributed by atoms with van der Waals surface area (Å²) in [6, 6.07) is 5.69. The second kappa shape index (κ2) is 6.70. The predicted molar refractivity (Wildman–Crippen MR) is 112 cm³/mol. The van der Waals surface area contributed by atoms with E-state index in [0.717, 1.165) is 44.4 Å². The standard InChI is InChI=1S/C22H23N5O3/c1-26-9-2-3-13(11-26)27-12-23-19-21(30-14-4-5-14)18(24-25-22(19)27)16-6-7-17-15(20(16)28)8-10-29-17/h6-8,10,12-14,28H,2-5,9,11H2,1H3/t13-/m1/s1. The Kier molecular flexibility index (Phi) is 3.95. The summed E-state index contributed by atoms with van der Waals surface area (Å²) >= 11 is 0. The summed E-state index contributed by atoms with van der Waals surface area (Å²) in [5.74, 6) is 0.715. The van der Waals surface area contributed by atoms with Gasteiger partial charge < -0.3 is 23.7 Å². The van der Waals surface area contributed by atoms with Crippen molar-refractivity contribution >= 4 is 22.1 Å². The number of imidazole rings is 1. The van der Waals surface area contributed by atoms with Crippen LogP contribution in [0.25, 0.3) is 33.4 Å². The van der Waals surface area contributed by atoms with E-state index in [1.54, 1.807) is 18.4 Å². The van der Waals surface area contributed by atoms with Gasteiger partial charge in [0.2, 0.25) is 0 Å². The van der Waals surface area contributed by atoms with Crippen molar-refractivity contribution in [3.63, 3.8) is 0 Å². The number of phenols is 1. The summed E-state index contributed by atoms with van der Waals surface area (Å²) in [6.07, 6.45) is 7.86. The van der Waals surface area contributed by atoms with Gasteiger partial charge >= 0.3 is 0 Å². The maximum Gasteiger partial charge on any atom is 0.186 e. The number of furan rings is 1. The van der Waals surface area contributed by atoms with E-state index in [2.05, 4.69) is 31.7 Å². The highest BCUT2D eigenvalue weighted by Gasteiger charge is 2.30. The molecule has 0 unspecified atom stereocenters. The number of likely N-dealkylation sites (N-methyl/N-ethyl adjacent to an activating group) is 1. The number of aromatic nitrogens is 4. The zero-order valence-corrected chi connectivity index (χ0v) is 16.8. The molecule has 30 heavy (non-hydrogen) atoms. The number of piperidine rings is 1. The van der Waals surface area contributed by atoms with E-state index in [0.29, 0.717) is 39.5 Å². The van der Waals surface area contributed by atoms with Crippen molar-refractivity contribution in [2.45, 2.75) is 37.8 Å². The number of phenolic OH excluding ortho intramolecular Hbond substituents is 1. The molecule has 1 aliphatic heterocycles. The molecule has 0 amide bonds. The molecule has 2 fully saturated rings. The van der Waals surface area contributed by atoms with Crippen LogP contribution in [0.15, 0.2) is 35.2 Å². The van der Waals surface area contributed by atoms with Gasteiger partial charge in [-0.15, -0.1) is 10.2 Å². The van der Waals surface area contributed by atoms with E-state index in [1.165, 1.54) is 0 Å². The summed E-state index contributed by atoms with van der Waals surface area (Å²) in [5, 5.41) is 20.6. The van der Waals surface area contributed by atoms with Gasteiger partial charge in [0, 0.05) is 18.2 Å². The van der Waals surface area contributed by atoms with Gasteiger partial charge in [-0.05, 0) is 57.5 Å². The van der Waals surface area contributed by atoms with E-state index < -0.39 is 0 Å². The number of rotatable bonds is 4. The maximum atomic E-state index is 10.9. The van der Waals surface area contributed by atoms with Crippen molar-refractivity contribution in [2.24, 2.45) is 0 Å². The lowest BCUT2D eigenvalue weighted by Gasteiger charge is -2.30. The molecule has 154 valence electrons. The topological polar surface area (TPSA) is 89.4 Å². The molecule has 0 spiro atoms. The Bertz CT molecular complexity index is 1240. The second-order valence-electron chi connectivity index (χ2n) is 8.37. The minimum atomic E-state index is 0.115. The molecular formula is C22H23N5O3. The van der Waals surface area contributed by atoms with Crippen molar-refractivity contribution in [3.05, 3.63) is 30.8 Å². The number of likely N-dealkylation sites (tertiary alicyclic amines) is 1. The van der Waals surface area contributed by atoms with Gasteiger partial charge in [0.15, 0.2) is 16.9 Å². The SMILES string of the molecule is CN1CCC[C@@H](n2cnc3c(OC4CC4)c(-c4ccc5occc5c4O)nnc32)C1. The van der Waals surface area contributed by atoms with Crippen molar-refractivity contribution in [1.82, 2.24) is 24.6 Å². The molecule has 6 rings (SSSR count). The van der Waals surface area contributed by atoms with Crippen molar-refractivity contribution in [3.8, 4) is 22.8 Å². The fourth-order valence-corrected chi connectivity index (χ4v) is 4.36. The zero-order chi connectivity index (χ0) is 20.2. The average Bonchev–Trinajstić information content (AvgIpc) is 3.25. The number of aromatic hydroxyl groups is 1.